The maximum absolute atomic E-state index is 14.0. The lowest BCUT2D eigenvalue weighted by atomic mass is 9.79. The maximum atomic E-state index is 14.0. The predicted molar refractivity (Wildman–Crippen MR) is 151 cm³/mol. The normalized spacial score (nSPS) is 21.6. The molecule has 0 bridgehead atoms. The summed E-state index contributed by atoms with van der Waals surface area (Å²) in [6.45, 7) is 0.617. The van der Waals surface area contributed by atoms with Gasteiger partial charge in [0.2, 0.25) is 10.0 Å². The Morgan fingerprint density at radius 1 is 1.07 bits per heavy atom. The standard InChI is InChI=1S/C29H31ClN4O5S/c1-40(37,38)34-17-7-5-9-23(34)18-33-27(20-12-14-21(30)15-13-20)26(24-10-2-3-11-25(24)29(33)36)28(35)32-39-19-22-8-4-6-16-31-22/h2-4,6,8,10-16,23,26-27H,5,7,9,17-19H2,1H3,(H,32,35). The number of nitrogens with one attached hydrogen (secondary N) is 1. The van der Waals surface area contributed by atoms with E-state index < -0.39 is 33.9 Å². The molecule has 11 heteroatoms. The first kappa shape index (κ1) is 28.2. The number of halogens is 1. The van der Waals surface area contributed by atoms with Crippen LogP contribution in [0.4, 0.5) is 0 Å². The first-order chi connectivity index (χ1) is 19.2. The number of rotatable bonds is 8. The van der Waals surface area contributed by atoms with E-state index in [0.29, 0.717) is 40.4 Å². The molecule has 2 aromatic carbocycles. The van der Waals surface area contributed by atoms with Crippen LogP contribution in [0.25, 0.3) is 0 Å². The molecule has 210 valence electrons. The number of benzene rings is 2. The summed E-state index contributed by atoms with van der Waals surface area (Å²) in [5, 5.41) is 0.521. The molecule has 40 heavy (non-hydrogen) atoms. The van der Waals surface area contributed by atoms with Crippen molar-refractivity contribution in [3.8, 4) is 0 Å². The average molecular weight is 583 g/mol. The lowest BCUT2D eigenvalue weighted by molar-refractivity contribution is -0.138. The highest BCUT2D eigenvalue weighted by atomic mass is 35.5. The van der Waals surface area contributed by atoms with Gasteiger partial charge in [0.15, 0.2) is 0 Å². The van der Waals surface area contributed by atoms with Crippen LogP contribution >= 0.6 is 11.6 Å². The van der Waals surface area contributed by atoms with Gasteiger partial charge in [-0.3, -0.25) is 19.4 Å². The van der Waals surface area contributed by atoms with Gasteiger partial charge in [0.25, 0.3) is 11.8 Å². The Balaban J connectivity index is 1.53. The number of piperidine rings is 1. The number of carbonyl (C=O) groups is 2. The lowest BCUT2D eigenvalue weighted by Gasteiger charge is -2.45. The van der Waals surface area contributed by atoms with Gasteiger partial charge in [-0.25, -0.2) is 13.9 Å². The van der Waals surface area contributed by atoms with Gasteiger partial charge >= 0.3 is 0 Å². The molecule has 0 saturated carbocycles. The van der Waals surface area contributed by atoms with Crippen LogP contribution in [-0.2, 0) is 26.3 Å². The van der Waals surface area contributed by atoms with Crippen LogP contribution in [-0.4, -0.2) is 59.8 Å². The average Bonchev–Trinajstić information content (AvgIpc) is 2.95. The summed E-state index contributed by atoms with van der Waals surface area (Å²) < 4.78 is 26.8. The minimum Gasteiger partial charge on any atom is -0.329 e. The molecule has 3 unspecified atom stereocenters. The summed E-state index contributed by atoms with van der Waals surface area (Å²) in [6.07, 6.45) is 5.08. The van der Waals surface area contributed by atoms with Crippen molar-refractivity contribution in [1.29, 1.82) is 0 Å². The van der Waals surface area contributed by atoms with Crippen LogP contribution < -0.4 is 5.48 Å². The van der Waals surface area contributed by atoms with E-state index in [9.17, 15) is 18.0 Å². The minimum atomic E-state index is -3.49. The van der Waals surface area contributed by atoms with Crippen molar-refractivity contribution in [2.24, 2.45) is 0 Å². The number of fused-ring (bicyclic) bond motifs is 1. The Hall–Kier alpha value is -3.31. The topological polar surface area (TPSA) is 109 Å². The summed E-state index contributed by atoms with van der Waals surface area (Å²) in [6, 6.07) is 18.3. The first-order valence-electron chi connectivity index (χ1n) is 13.2. The van der Waals surface area contributed by atoms with E-state index in [1.54, 1.807) is 71.8 Å². The largest absolute Gasteiger partial charge is 0.329 e. The van der Waals surface area contributed by atoms with Gasteiger partial charge in [-0.2, -0.15) is 4.31 Å². The van der Waals surface area contributed by atoms with Gasteiger partial charge in [0.1, 0.15) is 6.61 Å². The van der Waals surface area contributed by atoms with Gasteiger partial charge < -0.3 is 4.90 Å². The molecule has 1 fully saturated rings. The van der Waals surface area contributed by atoms with Crippen LogP contribution in [0.1, 0.15) is 58.4 Å². The van der Waals surface area contributed by atoms with E-state index >= 15 is 0 Å². The predicted octanol–water partition coefficient (Wildman–Crippen LogP) is 4.08. The van der Waals surface area contributed by atoms with E-state index in [0.717, 1.165) is 12.8 Å². The molecule has 9 nitrogen and oxygen atoms in total. The number of hydroxylamine groups is 1. The van der Waals surface area contributed by atoms with E-state index in [2.05, 4.69) is 10.5 Å². The van der Waals surface area contributed by atoms with Crippen LogP contribution in [0.5, 0.6) is 0 Å². The van der Waals surface area contributed by atoms with Gasteiger partial charge in [-0.1, -0.05) is 54.4 Å². The zero-order valence-corrected chi connectivity index (χ0v) is 23.6. The second-order valence-corrected chi connectivity index (χ2v) is 12.5. The Morgan fingerprint density at radius 2 is 1.82 bits per heavy atom. The molecule has 5 rings (SSSR count). The van der Waals surface area contributed by atoms with Crippen molar-refractivity contribution in [3.63, 3.8) is 0 Å². The fourth-order valence-corrected chi connectivity index (χ4v) is 6.96. The van der Waals surface area contributed by atoms with Crippen LogP contribution in [0.15, 0.2) is 72.9 Å². The first-order valence-corrected chi connectivity index (χ1v) is 15.4. The number of aromatic nitrogens is 1. The van der Waals surface area contributed by atoms with Gasteiger partial charge in [0.05, 0.1) is 23.9 Å². The molecule has 2 amide bonds. The molecular formula is C29H31ClN4O5S. The SMILES string of the molecule is CS(=O)(=O)N1CCCCC1CN1C(=O)c2ccccc2C(C(=O)NOCc2ccccn2)C1c1ccc(Cl)cc1. The van der Waals surface area contributed by atoms with E-state index in [1.807, 2.05) is 6.07 Å². The third-order valence-corrected chi connectivity index (χ3v) is 9.04. The van der Waals surface area contributed by atoms with E-state index in [4.69, 9.17) is 16.4 Å². The van der Waals surface area contributed by atoms with Crippen molar-refractivity contribution < 1.29 is 22.8 Å². The Labute approximate surface area is 239 Å². The zero-order valence-electron chi connectivity index (χ0n) is 22.1. The van der Waals surface area contributed by atoms with Crippen molar-refractivity contribution in [1.82, 2.24) is 19.7 Å². The smallest absolute Gasteiger partial charge is 0.254 e. The zero-order chi connectivity index (χ0) is 28.3. The molecule has 0 radical (unpaired) electrons. The van der Waals surface area contributed by atoms with Crippen molar-refractivity contribution in [2.75, 3.05) is 19.3 Å². The number of sulfonamides is 1. The quantitative estimate of drug-likeness (QED) is 0.401. The van der Waals surface area contributed by atoms with E-state index in [1.165, 1.54) is 10.6 Å². The molecule has 3 aromatic rings. The van der Waals surface area contributed by atoms with Crippen LogP contribution in [0.2, 0.25) is 5.02 Å². The highest BCUT2D eigenvalue weighted by Gasteiger charge is 2.46. The molecule has 2 aliphatic heterocycles. The third-order valence-electron chi connectivity index (χ3n) is 7.46. The molecule has 1 aromatic heterocycles. The number of hydrogen-bond acceptors (Lipinski definition) is 6. The summed E-state index contributed by atoms with van der Waals surface area (Å²) in [5.41, 5.74) is 4.91. The van der Waals surface area contributed by atoms with Crippen molar-refractivity contribution in [3.05, 3.63) is 100 Å². The summed E-state index contributed by atoms with van der Waals surface area (Å²) in [4.78, 5) is 39.3. The molecule has 1 N–H and O–H groups in total. The van der Waals surface area contributed by atoms with E-state index in [-0.39, 0.29) is 19.1 Å². The maximum Gasteiger partial charge on any atom is 0.254 e. The minimum absolute atomic E-state index is 0.0700. The second-order valence-electron chi connectivity index (χ2n) is 10.1. The number of carbonyl (C=O) groups excluding carboxylic acids is 2. The van der Waals surface area contributed by atoms with Gasteiger partial charge in [-0.15, -0.1) is 0 Å². The fourth-order valence-electron chi connectivity index (χ4n) is 5.66. The number of hydrogen-bond donors (Lipinski definition) is 1. The molecule has 3 atom stereocenters. The van der Waals surface area contributed by atoms with Gasteiger partial charge in [-0.05, 0) is 54.3 Å². The molecule has 1 saturated heterocycles. The van der Waals surface area contributed by atoms with Crippen molar-refractivity contribution in [2.45, 2.75) is 43.9 Å². The Bertz CT molecular complexity index is 1470. The molecular weight excluding hydrogens is 552 g/mol. The lowest BCUT2D eigenvalue weighted by Crippen LogP contribution is -2.54. The summed E-state index contributed by atoms with van der Waals surface area (Å²) in [5.74, 6) is -1.51. The number of nitrogens with zero attached hydrogens (tertiary/aromatic N) is 3. The molecule has 2 aliphatic rings. The van der Waals surface area contributed by atoms with Crippen LogP contribution in [0.3, 0.4) is 0 Å². The Kier molecular flexibility index (Phi) is 8.51. The number of pyridine rings is 1. The monoisotopic (exact) mass is 582 g/mol. The summed E-state index contributed by atoms with van der Waals surface area (Å²) in [7, 11) is -3.49. The summed E-state index contributed by atoms with van der Waals surface area (Å²) >= 11 is 6.19. The highest BCUT2D eigenvalue weighted by Crippen LogP contribution is 2.43. The number of amides is 2. The highest BCUT2D eigenvalue weighted by molar-refractivity contribution is 7.88. The fraction of sp³-hybridized carbons (Fsp3) is 0.345. The molecule has 0 spiro atoms. The van der Waals surface area contributed by atoms with Gasteiger partial charge in [0, 0.05) is 35.9 Å². The Morgan fingerprint density at radius 3 is 2.55 bits per heavy atom. The third kappa shape index (κ3) is 6.05. The molecule has 3 heterocycles. The van der Waals surface area contributed by atoms with Crippen molar-refractivity contribution >= 4 is 33.4 Å². The molecule has 0 aliphatic carbocycles. The van der Waals surface area contributed by atoms with Crippen LogP contribution in [0, 0.1) is 0 Å². The second kappa shape index (κ2) is 12.1.